The lowest BCUT2D eigenvalue weighted by Gasteiger charge is -2.30. The number of fused-ring (bicyclic) bond motifs is 5. The molecule has 8 nitrogen and oxygen atoms in total. The summed E-state index contributed by atoms with van der Waals surface area (Å²) < 4.78 is 47.7. The molecular formula is C24H18ClF3N4O4. The fraction of sp³-hybridized carbons (Fsp3) is 0.292. The third-order valence-electron chi connectivity index (χ3n) is 6.82. The molecule has 3 aromatic rings. The lowest BCUT2D eigenvalue weighted by Crippen LogP contribution is -2.47. The Bertz CT molecular complexity index is 1460. The first-order valence-electron chi connectivity index (χ1n) is 10.7. The highest BCUT2D eigenvalue weighted by Gasteiger charge is 2.65. The summed E-state index contributed by atoms with van der Waals surface area (Å²) in [5.41, 5.74) is -3.80. The van der Waals surface area contributed by atoms with Crippen LogP contribution in [0.2, 0.25) is 5.15 Å². The molecule has 2 unspecified atom stereocenters. The molecule has 1 saturated heterocycles. The van der Waals surface area contributed by atoms with Crippen LogP contribution >= 0.6 is 11.6 Å². The first kappa shape index (κ1) is 24.0. The fourth-order valence-electron chi connectivity index (χ4n) is 5.25. The minimum absolute atomic E-state index is 0.159. The minimum atomic E-state index is -4.83. The molecule has 0 radical (unpaired) electrons. The van der Waals surface area contributed by atoms with E-state index in [0.29, 0.717) is 6.07 Å². The van der Waals surface area contributed by atoms with E-state index in [1.54, 1.807) is 13.8 Å². The van der Waals surface area contributed by atoms with E-state index in [9.17, 15) is 28.2 Å². The topological polar surface area (TPSA) is 120 Å². The van der Waals surface area contributed by atoms with Crippen molar-refractivity contribution in [2.75, 3.05) is 0 Å². The van der Waals surface area contributed by atoms with E-state index in [1.165, 1.54) is 30.5 Å². The molecule has 2 aromatic heterocycles. The number of rotatable bonds is 3. The zero-order valence-corrected chi connectivity index (χ0v) is 19.6. The molecule has 0 saturated carbocycles. The van der Waals surface area contributed by atoms with E-state index in [-0.39, 0.29) is 34.0 Å². The third-order valence-corrected chi connectivity index (χ3v) is 7.05. The van der Waals surface area contributed by atoms with E-state index < -0.39 is 52.2 Å². The number of nitrogens with one attached hydrogen (secondary N) is 1. The average molecular weight is 519 g/mol. The summed E-state index contributed by atoms with van der Waals surface area (Å²) in [5, 5.41) is 34.3. The van der Waals surface area contributed by atoms with Crippen LogP contribution in [0.4, 0.5) is 13.2 Å². The van der Waals surface area contributed by atoms with Gasteiger partial charge in [-0.1, -0.05) is 11.6 Å². The first-order chi connectivity index (χ1) is 16.8. The zero-order valence-electron chi connectivity index (χ0n) is 18.8. The van der Waals surface area contributed by atoms with Crippen molar-refractivity contribution >= 4 is 17.5 Å². The number of hydrogen-bond donors (Lipinski definition) is 3. The van der Waals surface area contributed by atoms with Crippen LogP contribution in [-0.2, 0) is 22.1 Å². The molecule has 2 aliphatic heterocycles. The van der Waals surface area contributed by atoms with Gasteiger partial charge in [0.25, 0.3) is 5.91 Å². The van der Waals surface area contributed by atoms with Crippen molar-refractivity contribution in [2.24, 2.45) is 0 Å². The number of amides is 1. The quantitative estimate of drug-likeness (QED) is 0.439. The average Bonchev–Trinajstić information content (AvgIpc) is 3.33. The van der Waals surface area contributed by atoms with Gasteiger partial charge in [0.05, 0.1) is 51.2 Å². The summed E-state index contributed by atoms with van der Waals surface area (Å²) >= 11 is 5.78. The second-order valence-corrected chi connectivity index (χ2v) is 9.50. The molecule has 4 heterocycles. The van der Waals surface area contributed by atoms with Gasteiger partial charge in [-0.25, -0.2) is 4.98 Å². The molecule has 2 bridgehead atoms. The highest BCUT2D eigenvalue weighted by molar-refractivity contribution is 6.29. The number of aromatic nitrogens is 2. The number of carbonyl (C=O) groups is 1. The van der Waals surface area contributed by atoms with E-state index in [4.69, 9.17) is 21.6 Å². The monoisotopic (exact) mass is 518 g/mol. The smallest absolute Gasteiger partial charge is 0.417 e. The molecule has 2 aliphatic rings. The van der Waals surface area contributed by atoms with Crippen LogP contribution in [0.15, 0.2) is 36.5 Å². The fourth-order valence-corrected chi connectivity index (χ4v) is 5.36. The number of alkyl halides is 3. The predicted octanol–water partition coefficient (Wildman–Crippen LogP) is 4.49. The van der Waals surface area contributed by atoms with Crippen LogP contribution in [0.3, 0.4) is 0 Å². The number of aromatic hydroxyl groups is 2. The van der Waals surface area contributed by atoms with Crippen molar-refractivity contribution < 1.29 is 32.9 Å². The van der Waals surface area contributed by atoms with Crippen LogP contribution in [-0.4, -0.2) is 31.7 Å². The summed E-state index contributed by atoms with van der Waals surface area (Å²) in [6.45, 7) is 3.29. The number of pyridine rings is 1. The Morgan fingerprint density at radius 1 is 1.25 bits per heavy atom. The van der Waals surface area contributed by atoms with Crippen molar-refractivity contribution in [3.63, 3.8) is 0 Å². The predicted molar refractivity (Wildman–Crippen MR) is 120 cm³/mol. The SMILES string of the molecule is CC12C[C@@H](NC(=O)c3ccc(Cl)nc3)C(C)(O1)c1c2c(O)n(-c2ccc(C#N)c(C(F)(F)F)c2)c1O. The molecule has 12 heteroatoms. The maximum absolute atomic E-state index is 13.5. The van der Waals surface area contributed by atoms with E-state index in [2.05, 4.69) is 10.3 Å². The van der Waals surface area contributed by atoms with E-state index >= 15 is 0 Å². The normalized spacial score (nSPS) is 24.4. The van der Waals surface area contributed by atoms with Gasteiger partial charge in [-0.15, -0.1) is 0 Å². The second kappa shape index (κ2) is 7.62. The van der Waals surface area contributed by atoms with Crippen molar-refractivity contribution in [3.05, 3.63) is 69.5 Å². The van der Waals surface area contributed by atoms with Crippen molar-refractivity contribution in [2.45, 2.75) is 43.7 Å². The molecular weight excluding hydrogens is 501 g/mol. The van der Waals surface area contributed by atoms with Gasteiger partial charge in [-0.3, -0.25) is 9.36 Å². The molecule has 1 fully saturated rings. The highest BCUT2D eigenvalue weighted by atomic mass is 35.5. The molecule has 0 spiro atoms. The number of halogens is 4. The highest BCUT2D eigenvalue weighted by Crippen LogP contribution is 2.64. The zero-order chi connectivity index (χ0) is 26.2. The molecule has 3 atom stereocenters. The van der Waals surface area contributed by atoms with Crippen LogP contribution in [0.25, 0.3) is 5.69 Å². The largest absolute Gasteiger partial charge is 0.494 e. The number of hydrogen-bond acceptors (Lipinski definition) is 6. The van der Waals surface area contributed by atoms with Gasteiger partial charge in [0.1, 0.15) is 10.8 Å². The van der Waals surface area contributed by atoms with Gasteiger partial charge in [0.2, 0.25) is 11.8 Å². The minimum Gasteiger partial charge on any atom is -0.494 e. The van der Waals surface area contributed by atoms with Gasteiger partial charge in [0, 0.05) is 12.6 Å². The van der Waals surface area contributed by atoms with Crippen LogP contribution in [0, 0.1) is 11.3 Å². The van der Waals surface area contributed by atoms with Gasteiger partial charge < -0.3 is 20.3 Å². The molecule has 5 rings (SSSR count). The van der Waals surface area contributed by atoms with Crippen LogP contribution in [0.5, 0.6) is 11.8 Å². The van der Waals surface area contributed by atoms with Crippen LogP contribution < -0.4 is 5.32 Å². The number of benzene rings is 1. The lowest BCUT2D eigenvalue weighted by molar-refractivity contribution is -0.137. The maximum Gasteiger partial charge on any atom is 0.417 e. The number of nitriles is 1. The van der Waals surface area contributed by atoms with Gasteiger partial charge >= 0.3 is 6.18 Å². The molecule has 3 N–H and O–H groups in total. The standard InChI is InChI=1S/C24H18ClF3N4O4/c1-22-8-15(31-19(33)12-4-6-16(25)30-10-12)23(2,36-22)18-17(22)20(34)32(21(18)35)13-5-3-11(9-29)14(7-13)24(26,27)28/h3-7,10,15,34-35H,8H2,1-2H3,(H,31,33)/t15-,22?,23?/m1/s1. The molecule has 1 aromatic carbocycles. The summed E-state index contributed by atoms with van der Waals surface area (Å²) in [5.74, 6) is -1.48. The number of ether oxygens (including phenoxy) is 1. The van der Waals surface area contributed by atoms with E-state index in [0.717, 1.165) is 10.6 Å². The number of nitrogens with zero attached hydrogens (tertiary/aromatic N) is 3. The Morgan fingerprint density at radius 3 is 2.56 bits per heavy atom. The van der Waals surface area contributed by atoms with Gasteiger partial charge in [-0.05, 0) is 44.2 Å². The second-order valence-electron chi connectivity index (χ2n) is 9.11. The van der Waals surface area contributed by atoms with Crippen molar-refractivity contribution in [1.29, 1.82) is 5.26 Å². The molecule has 1 amide bonds. The molecule has 0 aliphatic carbocycles. The van der Waals surface area contributed by atoms with Gasteiger partial charge in [0.15, 0.2) is 0 Å². The maximum atomic E-state index is 13.5. The Kier molecular flexibility index (Phi) is 5.07. The number of carbonyl (C=O) groups excluding carboxylic acids is 1. The Balaban J connectivity index is 1.58. The first-order valence-corrected chi connectivity index (χ1v) is 11.1. The summed E-state index contributed by atoms with van der Waals surface area (Å²) in [6, 6.07) is 6.67. The summed E-state index contributed by atoms with van der Waals surface area (Å²) in [6.07, 6.45) is -3.29. The van der Waals surface area contributed by atoms with Crippen LogP contribution in [0.1, 0.15) is 52.9 Å². The Hall–Kier alpha value is -3.75. The van der Waals surface area contributed by atoms with E-state index in [1.807, 2.05) is 0 Å². The molecule has 186 valence electrons. The Morgan fingerprint density at radius 2 is 1.94 bits per heavy atom. The summed E-state index contributed by atoms with van der Waals surface area (Å²) in [4.78, 5) is 16.7. The lowest BCUT2D eigenvalue weighted by atomic mass is 9.76. The molecule has 36 heavy (non-hydrogen) atoms. The summed E-state index contributed by atoms with van der Waals surface area (Å²) in [7, 11) is 0. The van der Waals surface area contributed by atoms with Crippen molar-refractivity contribution in [3.8, 4) is 23.5 Å². The van der Waals surface area contributed by atoms with Gasteiger partial charge in [-0.2, -0.15) is 18.4 Å². The Labute approximate surface area is 207 Å². The van der Waals surface area contributed by atoms with Crippen molar-refractivity contribution in [1.82, 2.24) is 14.9 Å². The third kappa shape index (κ3) is 3.32.